The molecule has 0 fully saturated rings. The number of rotatable bonds is 5. The lowest BCUT2D eigenvalue weighted by atomic mass is 10.1. The Labute approximate surface area is 142 Å². The second-order valence-corrected chi connectivity index (χ2v) is 5.78. The number of amides is 1. The average Bonchev–Trinajstić information content (AvgIpc) is 2.52. The van der Waals surface area contributed by atoms with E-state index in [1.807, 2.05) is 25.1 Å². The zero-order valence-electron chi connectivity index (χ0n) is 12.9. The molecule has 1 amide bonds. The second-order valence-electron chi connectivity index (χ2n) is 5.38. The van der Waals surface area contributed by atoms with Gasteiger partial charge in [-0.3, -0.25) is 4.79 Å². The van der Waals surface area contributed by atoms with Gasteiger partial charge in [0, 0.05) is 16.3 Å². The number of hydrogen-bond donors (Lipinski definition) is 2. The summed E-state index contributed by atoms with van der Waals surface area (Å²) < 4.78 is 38.0. The summed E-state index contributed by atoms with van der Waals surface area (Å²) in [4.78, 5) is 11.9. The first kappa shape index (κ1) is 18.3. The van der Waals surface area contributed by atoms with Gasteiger partial charge in [0.05, 0.1) is 5.56 Å². The van der Waals surface area contributed by atoms with Crippen molar-refractivity contribution in [1.82, 2.24) is 0 Å². The minimum Gasteiger partial charge on any atom is -0.332 e. The quantitative estimate of drug-likeness (QED) is 0.843. The van der Waals surface area contributed by atoms with Gasteiger partial charge in [0.1, 0.15) is 6.04 Å². The van der Waals surface area contributed by atoms with Crippen molar-refractivity contribution in [2.45, 2.75) is 19.1 Å². The molecule has 0 saturated carbocycles. The van der Waals surface area contributed by atoms with Gasteiger partial charge >= 0.3 is 6.18 Å². The molecule has 0 aliphatic heterocycles. The smallest absolute Gasteiger partial charge is 0.332 e. The van der Waals surface area contributed by atoms with Gasteiger partial charge in [-0.15, -0.1) is 0 Å². The van der Waals surface area contributed by atoms with Crippen LogP contribution >= 0.6 is 11.6 Å². The summed E-state index contributed by atoms with van der Waals surface area (Å²) in [6, 6.07) is 11.8. The second kappa shape index (κ2) is 7.68. The van der Waals surface area contributed by atoms with E-state index in [0.717, 1.165) is 17.7 Å². The van der Waals surface area contributed by atoms with Gasteiger partial charge in [0.25, 0.3) is 5.91 Å². The molecule has 0 spiro atoms. The molecule has 0 saturated heterocycles. The molecule has 1 atom stereocenters. The summed E-state index contributed by atoms with van der Waals surface area (Å²) in [5.41, 5.74) is 0.216. The summed E-state index contributed by atoms with van der Waals surface area (Å²) in [6.07, 6.45) is -4.44. The van der Waals surface area contributed by atoms with Crippen LogP contribution in [0.1, 0.15) is 24.1 Å². The standard InChI is InChI=1S/C17H16ClF3N2O/c1-11(14-7-2-3-8-15(14)18)22-10-16(24)23-13-6-4-5-12(9-13)17(19,20)21/h2-9,11,22H,10H2,1H3,(H,23,24)/p+1/t11-/m1/s1. The zero-order chi connectivity index (χ0) is 17.7. The number of quaternary nitrogens is 1. The van der Waals surface area contributed by atoms with Gasteiger partial charge in [-0.1, -0.05) is 35.9 Å². The SMILES string of the molecule is C[C@@H]([NH2+]CC(=O)Nc1cccc(C(F)(F)F)c1)c1ccccc1Cl. The van der Waals surface area contributed by atoms with Crippen molar-refractivity contribution in [3.8, 4) is 0 Å². The third kappa shape index (κ3) is 4.97. The van der Waals surface area contributed by atoms with E-state index in [2.05, 4.69) is 5.32 Å². The molecule has 0 aliphatic rings. The number of hydrogen-bond acceptors (Lipinski definition) is 1. The Bertz CT molecular complexity index is 719. The average molecular weight is 358 g/mol. The van der Waals surface area contributed by atoms with Crippen LogP contribution in [0.5, 0.6) is 0 Å². The van der Waals surface area contributed by atoms with Gasteiger partial charge < -0.3 is 10.6 Å². The van der Waals surface area contributed by atoms with Crippen LogP contribution in [0.15, 0.2) is 48.5 Å². The molecule has 0 radical (unpaired) electrons. The van der Waals surface area contributed by atoms with Crippen molar-refractivity contribution in [3.63, 3.8) is 0 Å². The van der Waals surface area contributed by atoms with Gasteiger partial charge in [0.15, 0.2) is 6.54 Å². The van der Waals surface area contributed by atoms with E-state index in [1.54, 1.807) is 11.4 Å². The molecule has 0 aliphatic carbocycles. The van der Waals surface area contributed by atoms with Crippen LogP contribution in [0.4, 0.5) is 18.9 Å². The molecule has 3 nitrogen and oxygen atoms in total. The van der Waals surface area contributed by atoms with Crippen LogP contribution in [-0.2, 0) is 11.0 Å². The lowest BCUT2D eigenvalue weighted by molar-refractivity contribution is -0.682. The highest BCUT2D eigenvalue weighted by Gasteiger charge is 2.30. The first-order chi connectivity index (χ1) is 11.3. The lowest BCUT2D eigenvalue weighted by Crippen LogP contribution is -2.86. The van der Waals surface area contributed by atoms with Gasteiger partial charge in [0.2, 0.25) is 0 Å². The van der Waals surface area contributed by atoms with E-state index in [-0.39, 0.29) is 24.2 Å². The normalized spacial score (nSPS) is 12.7. The Balaban J connectivity index is 1.93. The minimum absolute atomic E-state index is 0.0500. The van der Waals surface area contributed by atoms with Crippen LogP contribution in [0.25, 0.3) is 0 Å². The van der Waals surface area contributed by atoms with E-state index in [4.69, 9.17) is 11.6 Å². The lowest BCUT2D eigenvalue weighted by Gasteiger charge is -2.13. The monoisotopic (exact) mass is 357 g/mol. The number of nitrogens with two attached hydrogens (primary N) is 1. The maximum atomic E-state index is 12.7. The minimum atomic E-state index is -4.44. The zero-order valence-corrected chi connectivity index (χ0v) is 13.7. The van der Waals surface area contributed by atoms with Crippen LogP contribution in [0.3, 0.4) is 0 Å². The van der Waals surface area contributed by atoms with Gasteiger partial charge in [-0.2, -0.15) is 13.2 Å². The molecule has 0 unspecified atom stereocenters. The van der Waals surface area contributed by atoms with Crippen molar-refractivity contribution in [1.29, 1.82) is 0 Å². The summed E-state index contributed by atoms with van der Waals surface area (Å²) in [5.74, 6) is -0.381. The topological polar surface area (TPSA) is 45.7 Å². The predicted molar refractivity (Wildman–Crippen MR) is 86.7 cm³/mol. The fourth-order valence-corrected chi connectivity index (χ4v) is 2.55. The number of carbonyl (C=O) groups excluding carboxylic acids is 1. The molecule has 0 heterocycles. The fourth-order valence-electron chi connectivity index (χ4n) is 2.24. The first-order valence-corrected chi connectivity index (χ1v) is 7.70. The Morgan fingerprint density at radius 3 is 2.58 bits per heavy atom. The van der Waals surface area contributed by atoms with Gasteiger partial charge in [-0.25, -0.2) is 0 Å². The Kier molecular flexibility index (Phi) is 5.85. The molecule has 0 aromatic heterocycles. The number of nitrogens with one attached hydrogen (secondary N) is 1. The molecular formula is C17H17ClF3N2O+. The predicted octanol–water partition coefficient (Wildman–Crippen LogP) is 3.62. The molecule has 0 bridgehead atoms. The highest BCUT2D eigenvalue weighted by Crippen LogP contribution is 2.30. The Morgan fingerprint density at radius 2 is 1.92 bits per heavy atom. The maximum Gasteiger partial charge on any atom is 0.416 e. The van der Waals surface area contributed by atoms with E-state index in [1.165, 1.54) is 12.1 Å². The Morgan fingerprint density at radius 1 is 1.21 bits per heavy atom. The van der Waals surface area contributed by atoms with Crippen LogP contribution in [-0.4, -0.2) is 12.5 Å². The van der Waals surface area contributed by atoms with Gasteiger partial charge in [-0.05, 0) is 31.2 Å². The van der Waals surface area contributed by atoms with Crippen molar-refractivity contribution in [2.75, 3.05) is 11.9 Å². The van der Waals surface area contributed by atoms with E-state index >= 15 is 0 Å². The molecule has 2 rings (SSSR count). The summed E-state index contributed by atoms with van der Waals surface area (Å²) >= 11 is 6.10. The first-order valence-electron chi connectivity index (χ1n) is 7.32. The van der Waals surface area contributed by atoms with E-state index < -0.39 is 11.7 Å². The number of carbonyl (C=O) groups is 1. The Hall–Kier alpha value is -2.05. The summed E-state index contributed by atoms with van der Waals surface area (Å²) in [5, 5.41) is 4.85. The molecule has 2 aromatic carbocycles. The largest absolute Gasteiger partial charge is 0.416 e. The van der Waals surface area contributed by atoms with Crippen molar-refractivity contribution >= 4 is 23.2 Å². The van der Waals surface area contributed by atoms with E-state index in [9.17, 15) is 18.0 Å². The van der Waals surface area contributed by atoms with Crippen LogP contribution < -0.4 is 10.6 Å². The van der Waals surface area contributed by atoms with E-state index in [0.29, 0.717) is 5.02 Å². The summed E-state index contributed by atoms with van der Waals surface area (Å²) in [7, 11) is 0. The van der Waals surface area contributed by atoms with Crippen molar-refractivity contribution < 1.29 is 23.3 Å². The number of anilines is 1. The fraction of sp³-hybridized carbons (Fsp3) is 0.235. The molecule has 3 N–H and O–H groups in total. The molecule has 128 valence electrons. The third-order valence-electron chi connectivity index (χ3n) is 3.53. The van der Waals surface area contributed by atoms with Crippen LogP contribution in [0.2, 0.25) is 5.02 Å². The number of benzene rings is 2. The van der Waals surface area contributed by atoms with Crippen molar-refractivity contribution in [3.05, 3.63) is 64.7 Å². The molecular weight excluding hydrogens is 341 g/mol. The maximum absolute atomic E-state index is 12.7. The molecule has 2 aromatic rings. The highest BCUT2D eigenvalue weighted by atomic mass is 35.5. The highest BCUT2D eigenvalue weighted by molar-refractivity contribution is 6.31. The number of halogens is 4. The molecule has 7 heteroatoms. The summed E-state index contributed by atoms with van der Waals surface area (Å²) in [6.45, 7) is 1.97. The number of alkyl halides is 3. The third-order valence-corrected chi connectivity index (χ3v) is 3.87. The molecule has 24 heavy (non-hydrogen) atoms. The van der Waals surface area contributed by atoms with Crippen LogP contribution in [0, 0.1) is 0 Å². The van der Waals surface area contributed by atoms with Crippen molar-refractivity contribution in [2.24, 2.45) is 0 Å².